The average Bonchev–Trinajstić information content (AvgIpc) is 3.21. The van der Waals surface area contributed by atoms with Gasteiger partial charge in [0.15, 0.2) is 6.10 Å². The number of para-hydroxylation sites is 1. The second-order valence-electron chi connectivity index (χ2n) is 5.46. The Kier molecular flexibility index (Phi) is 3.30. The van der Waals surface area contributed by atoms with Gasteiger partial charge in [-0.3, -0.25) is 9.78 Å². The molecule has 122 valence electrons. The molecule has 4 rings (SSSR count). The van der Waals surface area contributed by atoms with E-state index in [-0.39, 0.29) is 17.5 Å². The summed E-state index contributed by atoms with van der Waals surface area (Å²) < 4.78 is 12.4. The number of ether oxygens (including phenoxy) is 1. The van der Waals surface area contributed by atoms with Crippen LogP contribution in [0.15, 0.2) is 44.6 Å². The maximum absolute atomic E-state index is 12.0. The fourth-order valence-electron chi connectivity index (χ4n) is 2.70. The van der Waals surface area contributed by atoms with Crippen molar-refractivity contribution >= 4 is 0 Å². The van der Waals surface area contributed by atoms with Gasteiger partial charge in [-0.1, -0.05) is 23.4 Å². The smallest absolute Gasteiger partial charge is 0.328 e. The Labute approximate surface area is 135 Å². The summed E-state index contributed by atoms with van der Waals surface area (Å²) in [6, 6.07) is 7.70. The van der Waals surface area contributed by atoms with Gasteiger partial charge >= 0.3 is 5.69 Å². The number of benzene rings is 1. The van der Waals surface area contributed by atoms with Crippen molar-refractivity contribution in [2.75, 3.05) is 0 Å². The Bertz CT molecular complexity index is 992. The maximum atomic E-state index is 12.0. The van der Waals surface area contributed by atoms with Gasteiger partial charge in [-0.25, -0.2) is 4.79 Å². The lowest BCUT2D eigenvalue weighted by molar-refractivity contribution is 0.183. The molecule has 8 nitrogen and oxygen atoms in total. The lowest BCUT2D eigenvalue weighted by atomic mass is 10.1. The first kappa shape index (κ1) is 14.4. The molecule has 1 aromatic carbocycles. The van der Waals surface area contributed by atoms with Crippen LogP contribution in [0.3, 0.4) is 0 Å². The van der Waals surface area contributed by atoms with Crippen LogP contribution in [-0.2, 0) is 13.0 Å². The number of rotatable bonds is 3. The van der Waals surface area contributed by atoms with Crippen LogP contribution in [0.4, 0.5) is 0 Å². The Balaban J connectivity index is 1.67. The highest BCUT2D eigenvalue weighted by Crippen LogP contribution is 2.35. The molecule has 0 amide bonds. The van der Waals surface area contributed by atoms with Crippen molar-refractivity contribution in [2.24, 2.45) is 0 Å². The lowest BCUT2D eigenvalue weighted by Gasteiger charge is -2.04. The molecule has 8 heteroatoms. The van der Waals surface area contributed by atoms with Crippen LogP contribution in [0.5, 0.6) is 5.75 Å². The number of hydrogen-bond acceptors (Lipinski definition) is 6. The molecule has 0 aliphatic carbocycles. The van der Waals surface area contributed by atoms with Gasteiger partial charge in [0.2, 0.25) is 5.82 Å². The highest BCUT2D eigenvalue weighted by molar-refractivity contribution is 5.51. The normalized spacial score (nSPS) is 16.0. The van der Waals surface area contributed by atoms with E-state index < -0.39 is 11.2 Å². The van der Waals surface area contributed by atoms with Gasteiger partial charge in [-0.05, 0) is 18.6 Å². The number of nitrogens with zero attached hydrogens (tertiary/aromatic N) is 3. The van der Waals surface area contributed by atoms with E-state index in [1.165, 1.54) is 10.8 Å². The maximum Gasteiger partial charge on any atom is 0.328 e. The van der Waals surface area contributed by atoms with E-state index in [1.54, 1.807) is 6.92 Å². The number of aromatic amines is 1. The summed E-state index contributed by atoms with van der Waals surface area (Å²) in [5.41, 5.74) is 0.235. The molecular weight excluding hydrogens is 312 g/mol. The van der Waals surface area contributed by atoms with Gasteiger partial charge in [0.05, 0.1) is 0 Å². The monoisotopic (exact) mass is 326 g/mol. The molecule has 1 atom stereocenters. The SMILES string of the molecule is CCn1cc(-c2noc(C3Cc4ccccc4O3)n2)c(=O)[nH]c1=O. The average molecular weight is 326 g/mol. The second-order valence-corrected chi connectivity index (χ2v) is 5.46. The number of fused-ring (bicyclic) bond motifs is 1. The van der Waals surface area contributed by atoms with Crippen molar-refractivity contribution in [2.45, 2.75) is 26.0 Å². The highest BCUT2D eigenvalue weighted by Gasteiger charge is 2.29. The van der Waals surface area contributed by atoms with Crippen molar-refractivity contribution in [3.05, 3.63) is 62.8 Å². The first-order chi connectivity index (χ1) is 11.7. The third kappa shape index (κ3) is 2.32. The molecule has 2 aromatic heterocycles. The molecule has 24 heavy (non-hydrogen) atoms. The minimum atomic E-state index is -0.548. The highest BCUT2D eigenvalue weighted by atomic mass is 16.5. The predicted molar refractivity (Wildman–Crippen MR) is 83.8 cm³/mol. The third-order valence-electron chi connectivity index (χ3n) is 3.96. The summed E-state index contributed by atoms with van der Waals surface area (Å²) in [6.45, 7) is 2.23. The van der Waals surface area contributed by atoms with Crippen molar-refractivity contribution in [1.29, 1.82) is 0 Å². The Morgan fingerprint density at radius 1 is 1.33 bits per heavy atom. The summed E-state index contributed by atoms with van der Waals surface area (Å²) in [4.78, 5) is 30.1. The van der Waals surface area contributed by atoms with Crippen molar-refractivity contribution in [3.63, 3.8) is 0 Å². The number of nitrogens with one attached hydrogen (secondary N) is 1. The van der Waals surface area contributed by atoms with Crippen LogP contribution >= 0.6 is 0 Å². The first-order valence-electron chi connectivity index (χ1n) is 7.58. The number of aromatic nitrogens is 4. The number of aryl methyl sites for hydroxylation is 1. The zero-order valence-electron chi connectivity index (χ0n) is 12.9. The Hall–Kier alpha value is -3.16. The van der Waals surface area contributed by atoms with Crippen molar-refractivity contribution < 1.29 is 9.26 Å². The zero-order valence-corrected chi connectivity index (χ0v) is 12.9. The van der Waals surface area contributed by atoms with Crippen molar-refractivity contribution in [3.8, 4) is 17.1 Å². The fraction of sp³-hybridized carbons (Fsp3) is 0.250. The largest absolute Gasteiger partial charge is 0.480 e. The standard InChI is InChI=1S/C16H14N4O4/c1-2-20-8-10(14(21)18-16(20)22)13-17-15(24-19-13)12-7-9-5-3-4-6-11(9)23-12/h3-6,8,12H,2,7H2,1H3,(H,18,21,22). The summed E-state index contributed by atoms with van der Waals surface area (Å²) in [7, 11) is 0. The Morgan fingerprint density at radius 3 is 2.96 bits per heavy atom. The molecular formula is C16H14N4O4. The van der Waals surface area contributed by atoms with E-state index in [0.717, 1.165) is 11.3 Å². The van der Waals surface area contributed by atoms with Gasteiger partial charge in [-0.2, -0.15) is 4.98 Å². The van der Waals surface area contributed by atoms with Gasteiger partial charge < -0.3 is 13.8 Å². The van der Waals surface area contributed by atoms with Crippen LogP contribution in [0, 0.1) is 0 Å². The molecule has 1 unspecified atom stereocenters. The second kappa shape index (κ2) is 5.48. The minimum Gasteiger partial charge on any atom is -0.480 e. The summed E-state index contributed by atoms with van der Waals surface area (Å²) >= 11 is 0. The molecule has 3 heterocycles. The predicted octanol–water partition coefficient (Wildman–Crippen LogP) is 1.28. The molecule has 3 aromatic rings. The molecule has 1 N–H and O–H groups in total. The van der Waals surface area contributed by atoms with E-state index in [4.69, 9.17) is 9.26 Å². The van der Waals surface area contributed by atoms with Gasteiger partial charge in [0.25, 0.3) is 11.4 Å². The number of H-pyrrole nitrogens is 1. The molecule has 0 saturated heterocycles. The van der Waals surface area contributed by atoms with E-state index >= 15 is 0 Å². The van der Waals surface area contributed by atoms with Crippen LogP contribution in [0.2, 0.25) is 0 Å². The first-order valence-corrected chi connectivity index (χ1v) is 7.58. The summed E-state index contributed by atoms with van der Waals surface area (Å²) in [5.74, 6) is 1.22. The molecule has 0 saturated carbocycles. The molecule has 0 radical (unpaired) electrons. The lowest BCUT2D eigenvalue weighted by Crippen LogP contribution is -2.30. The van der Waals surface area contributed by atoms with Gasteiger partial charge in [0, 0.05) is 19.2 Å². The molecule has 1 aliphatic heterocycles. The summed E-state index contributed by atoms with van der Waals surface area (Å²) in [5, 5.41) is 3.86. The Morgan fingerprint density at radius 2 is 2.17 bits per heavy atom. The summed E-state index contributed by atoms with van der Waals surface area (Å²) in [6.07, 6.45) is 1.68. The van der Waals surface area contributed by atoms with E-state index in [2.05, 4.69) is 15.1 Å². The van der Waals surface area contributed by atoms with Crippen LogP contribution in [0.1, 0.15) is 24.5 Å². The zero-order chi connectivity index (χ0) is 16.7. The third-order valence-corrected chi connectivity index (χ3v) is 3.96. The van der Waals surface area contributed by atoms with E-state index in [1.807, 2.05) is 24.3 Å². The van der Waals surface area contributed by atoms with Crippen LogP contribution in [-0.4, -0.2) is 19.7 Å². The van der Waals surface area contributed by atoms with E-state index in [9.17, 15) is 9.59 Å². The molecule has 0 bridgehead atoms. The molecule has 0 spiro atoms. The molecule has 1 aliphatic rings. The minimum absolute atomic E-state index is 0.132. The molecule has 0 fully saturated rings. The van der Waals surface area contributed by atoms with Crippen LogP contribution < -0.4 is 16.0 Å². The van der Waals surface area contributed by atoms with Crippen LogP contribution in [0.25, 0.3) is 11.4 Å². The number of hydrogen-bond donors (Lipinski definition) is 1. The topological polar surface area (TPSA) is 103 Å². The van der Waals surface area contributed by atoms with Gasteiger partial charge in [-0.15, -0.1) is 0 Å². The van der Waals surface area contributed by atoms with Crippen molar-refractivity contribution in [1.82, 2.24) is 19.7 Å². The van der Waals surface area contributed by atoms with E-state index in [0.29, 0.717) is 18.9 Å². The van der Waals surface area contributed by atoms with Gasteiger partial charge in [0.1, 0.15) is 11.3 Å². The quantitative estimate of drug-likeness (QED) is 0.778. The fourth-order valence-corrected chi connectivity index (χ4v) is 2.70.